The molecule has 19 heavy (non-hydrogen) atoms. The fourth-order valence-electron chi connectivity index (χ4n) is 1.96. The molecule has 0 aliphatic rings. The molecule has 100 valence electrons. The topological polar surface area (TPSA) is 20.2 Å². The zero-order valence-corrected chi connectivity index (χ0v) is 12.6. The molecule has 0 radical (unpaired) electrons. The highest BCUT2D eigenvalue weighted by atomic mass is 35.5. The Morgan fingerprint density at radius 1 is 1.00 bits per heavy atom. The summed E-state index contributed by atoms with van der Waals surface area (Å²) in [7, 11) is 0. The van der Waals surface area contributed by atoms with Gasteiger partial charge in [-0.2, -0.15) is 0 Å². The van der Waals surface area contributed by atoms with Crippen LogP contribution in [0.25, 0.3) is 0 Å². The van der Waals surface area contributed by atoms with E-state index in [0.717, 1.165) is 11.1 Å². The van der Waals surface area contributed by atoms with Crippen molar-refractivity contribution in [2.24, 2.45) is 0 Å². The standard InChI is InChI=1S/C15H13Cl3O/c1-9-4-2-5-10(15(9)18)14(19)8-11-12(16)6-3-7-13(11)17/h2-7,14,19H,8H2,1H3. The number of aryl methyl sites for hydroxylation is 1. The van der Waals surface area contributed by atoms with E-state index in [4.69, 9.17) is 34.8 Å². The number of benzene rings is 2. The van der Waals surface area contributed by atoms with Crippen LogP contribution in [0, 0.1) is 6.92 Å². The second-order valence-corrected chi connectivity index (χ2v) is 5.59. The molecular weight excluding hydrogens is 303 g/mol. The van der Waals surface area contributed by atoms with Crippen molar-refractivity contribution >= 4 is 34.8 Å². The van der Waals surface area contributed by atoms with Gasteiger partial charge in [0, 0.05) is 21.5 Å². The van der Waals surface area contributed by atoms with E-state index in [1.54, 1.807) is 18.2 Å². The van der Waals surface area contributed by atoms with Crippen LogP contribution >= 0.6 is 34.8 Å². The molecule has 2 aromatic rings. The fraction of sp³-hybridized carbons (Fsp3) is 0.200. The molecule has 1 nitrogen and oxygen atoms in total. The first-order valence-electron chi connectivity index (χ1n) is 5.86. The Labute approximate surface area is 127 Å². The van der Waals surface area contributed by atoms with Gasteiger partial charge in [-0.05, 0) is 35.7 Å². The first kappa shape index (κ1) is 14.7. The van der Waals surface area contributed by atoms with Crippen molar-refractivity contribution in [1.29, 1.82) is 0 Å². The smallest absolute Gasteiger partial charge is 0.0845 e. The zero-order chi connectivity index (χ0) is 14.0. The number of hydrogen-bond acceptors (Lipinski definition) is 1. The summed E-state index contributed by atoms with van der Waals surface area (Å²) in [4.78, 5) is 0. The summed E-state index contributed by atoms with van der Waals surface area (Å²) in [5.74, 6) is 0. The van der Waals surface area contributed by atoms with Crippen LogP contribution in [-0.4, -0.2) is 5.11 Å². The van der Waals surface area contributed by atoms with Gasteiger partial charge in [-0.3, -0.25) is 0 Å². The molecule has 0 fully saturated rings. The Morgan fingerprint density at radius 2 is 1.58 bits per heavy atom. The molecule has 2 aromatic carbocycles. The zero-order valence-electron chi connectivity index (χ0n) is 10.3. The lowest BCUT2D eigenvalue weighted by atomic mass is 10.00. The van der Waals surface area contributed by atoms with Gasteiger partial charge in [-0.1, -0.05) is 59.1 Å². The molecule has 0 spiro atoms. The van der Waals surface area contributed by atoms with E-state index in [0.29, 0.717) is 27.1 Å². The van der Waals surface area contributed by atoms with Gasteiger partial charge >= 0.3 is 0 Å². The van der Waals surface area contributed by atoms with Gasteiger partial charge < -0.3 is 5.11 Å². The SMILES string of the molecule is Cc1cccc(C(O)Cc2c(Cl)cccc2Cl)c1Cl. The van der Waals surface area contributed by atoms with Crippen molar-refractivity contribution in [3.63, 3.8) is 0 Å². The molecule has 1 atom stereocenters. The molecule has 0 saturated carbocycles. The van der Waals surface area contributed by atoms with E-state index in [9.17, 15) is 5.11 Å². The lowest BCUT2D eigenvalue weighted by Gasteiger charge is -2.15. The van der Waals surface area contributed by atoms with E-state index in [-0.39, 0.29) is 0 Å². The van der Waals surface area contributed by atoms with Crippen molar-refractivity contribution in [2.75, 3.05) is 0 Å². The molecular formula is C15H13Cl3O. The molecule has 0 saturated heterocycles. The minimum Gasteiger partial charge on any atom is -0.388 e. The molecule has 0 amide bonds. The molecule has 1 N–H and O–H groups in total. The minimum atomic E-state index is -0.732. The summed E-state index contributed by atoms with van der Waals surface area (Å²) in [6.45, 7) is 1.90. The number of rotatable bonds is 3. The molecule has 0 bridgehead atoms. The monoisotopic (exact) mass is 314 g/mol. The summed E-state index contributed by atoms with van der Waals surface area (Å²) >= 11 is 18.4. The molecule has 0 heterocycles. The summed E-state index contributed by atoms with van der Waals surface area (Å²) < 4.78 is 0. The van der Waals surface area contributed by atoms with E-state index < -0.39 is 6.10 Å². The first-order chi connectivity index (χ1) is 9.00. The van der Waals surface area contributed by atoms with Crippen LogP contribution in [0.2, 0.25) is 15.1 Å². The molecule has 1 unspecified atom stereocenters. The van der Waals surface area contributed by atoms with Crippen molar-refractivity contribution in [2.45, 2.75) is 19.4 Å². The van der Waals surface area contributed by atoms with Crippen LogP contribution in [0.1, 0.15) is 22.8 Å². The highest BCUT2D eigenvalue weighted by molar-refractivity contribution is 6.36. The Bertz CT molecular complexity index is 576. The number of aliphatic hydroxyl groups is 1. The third-order valence-electron chi connectivity index (χ3n) is 3.04. The second kappa shape index (κ2) is 6.15. The summed E-state index contributed by atoms with van der Waals surface area (Å²) in [5.41, 5.74) is 2.36. The average molecular weight is 316 g/mol. The Hall–Kier alpha value is -0.730. The summed E-state index contributed by atoms with van der Waals surface area (Å²) in [6, 6.07) is 10.9. The summed E-state index contributed by atoms with van der Waals surface area (Å²) in [6.07, 6.45) is -0.397. The lowest BCUT2D eigenvalue weighted by Crippen LogP contribution is -2.04. The highest BCUT2D eigenvalue weighted by Crippen LogP contribution is 2.32. The normalized spacial score (nSPS) is 12.5. The molecule has 2 rings (SSSR count). The summed E-state index contributed by atoms with van der Waals surface area (Å²) in [5, 5.41) is 12.0. The van der Waals surface area contributed by atoms with Crippen LogP contribution in [-0.2, 0) is 6.42 Å². The predicted octanol–water partition coefficient (Wildman–Crippen LogP) is 5.23. The number of halogens is 3. The Kier molecular flexibility index (Phi) is 4.75. The van der Waals surface area contributed by atoms with E-state index >= 15 is 0 Å². The second-order valence-electron chi connectivity index (χ2n) is 4.40. The van der Waals surface area contributed by atoms with Crippen molar-refractivity contribution in [1.82, 2.24) is 0 Å². The van der Waals surface area contributed by atoms with Crippen molar-refractivity contribution in [3.8, 4) is 0 Å². The lowest BCUT2D eigenvalue weighted by molar-refractivity contribution is 0.178. The number of aliphatic hydroxyl groups excluding tert-OH is 1. The first-order valence-corrected chi connectivity index (χ1v) is 7.00. The Morgan fingerprint density at radius 3 is 2.21 bits per heavy atom. The van der Waals surface area contributed by atoms with Gasteiger partial charge in [0.15, 0.2) is 0 Å². The average Bonchev–Trinajstić information content (AvgIpc) is 2.37. The molecule has 4 heteroatoms. The van der Waals surface area contributed by atoms with Gasteiger partial charge in [-0.15, -0.1) is 0 Å². The van der Waals surface area contributed by atoms with Gasteiger partial charge in [0.25, 0.3) is 0 Å². The fourth-order valence-corrected chi connectivity index (χ4v) is 2.76. The van der Waals surface area contributed by atoms with E-state index in [1.807, 2.05) is 25.1 Å². The van der Waals surface area contributed by atoms with E-state index in [2.05, 4.69) is 0 Å². The highest BCUT2D eigenvalue weighted by Gasteiger charge is 2.16. The van der Waals surface area contributed by atoms with Crippen LogP contribution in [0.15, 0.2) is 36.4 Å². The predicted molar refractivity (Wildman–Crippen MR) is 81.3 cm³/mol. The maximum absolute atomic E-state index is 10.3. The van der Waals surface area contributed by atoms with Crippen LogP contribution < -0.4 is 0 Å². The van der Waals surface area contributed by atoms with Crippen LogP contribution in [0.4, 0.5) is 0 Å². The van der Waals surface area contributed by atoms with Crippen molar-refractivity contribution in [3.05, 3.63) is 68.2 Å². The van der Waals surface area contributed by atoms with Gasteiger partial charge in [0.1, 0.15) is 0 Å². The van der Waals surface area contributed by atoms with Crippen LogP contribution in [0.3, 0.4) is 0 Å². The molecule has 0 aliphatic heterocycles. The number of hydrogen-bond donors (Lipinski definition) is 1. The quantitative estimate of drug-likeness (QED) is 0.822. The maximum atomic E-state index is 10.3. The van der Waals surface area contributed by atoms with Crippen molar-refractivity contribution < 1.29 is 5.11 Å². The molecule has 0 aliphatic carbocycles. The maximum Gasteiger partial charge on any atom is 0.0845 e. The Balaban J connectivity index is 2.31. The van der Waals surface area contributed by atoms with Gasteiger partial charge in [-0.25, -0.2) is 0 Å². The van der Waals surface area contributed by atoms with Crippen LogP contribution in [0.5, 0.6) is 0 Å². The third kappa shape index (κ3) is 3.24. The largest absolute Gasteiger partial charge is 0.388 e. The molecule has 0 aromatic heterocycles. The van der Waals surface area contributed by atoms with Gasteiger partial charge in [0.2, 0.25) is 0 Å². The van der Waals surface area contributed by atoms with Gasteiger partial charge in [0.05, 0.1) is 6.10 Å². The van der Waals surface area contributed by atoms with E-state index in [1.165, 1.54) is 0 Å². The third-order valence-corrected chi connectivity index (χ3v) is 4.26. The minimum absolute atomic E-state index is 0.335.